The van der Waals surface area contributed by atoms with Crippen LogP contribution < -0.4 is 19.7 Å². The number of nitrogens with one attached hydrogen (secondary N) is 1. The molecule has 9 heteroatoms. The van der Waals surface area contributed by atoms with Crippen molar-refractivity contribution in [1.29, 1.82) is 0 Å². The van der Waals surface area contributed by atoms with Gasteiger partial charge in [-0.3, -0.25) is 0 Å². The minimum absolute atomic E-state index is 0.187. The van der Waals surface area contributed by atoms with E-state index in [1.54, 1.807) is 25.6 Å². The Morgan fingerprint density at radius 3 is 2.30 bits per heavy atom. The lowest BCUT2D eigenvalue weighted by Crippen LogP contribution is -2.41. The summed E-state index contributed by atoms with van der Waals surface area (Å²) in [6.07, 6.45) is 3.48. The molecule has 180 valence electrons. The van der Waals surface area contributed by atoms with Crippen LogP contribution in [0.5, 0.6) is 11.5 Å². The van der Waals surface area contributed by atoms with Gasteiger partial charge in [0.05, 0.1) is 19.6 Å². The fourth-order valence-corrected chi connectivity index (χ4v) is 3.57. The molecular weight excluding hydrogens is 422 g/mol. The number of piperidine rings is 1. The minimum atomic E-state index is -0.494. The van der Waals surface area contributed by atoms with Crippen molar-refractivity contribution in [2.24, 2.45) is 11.3 Å². The first-order valence-electron chi connectivity index (χ1n) is 11.2. The molecule has 1 aromatic heterocycles. The van der Waals surface area contributed by atoms with Gasteiger partial charge in [-0.2, -0.15) is 0 Å². The van der Waals surface area contributed by atoms with Crippen molar-refractivity contribution in [2.45, 2.75) is 33.6 Å². The van der Waals surface area contributed by atoms with Crippen LogP contribution in [-0.4, -0.2) is 61.9 Å². The van der Waals surface area contributed by atoms with E-state index in [9.17, 15) is 4.79 Å². The van der Waals surface area contributed by atoms with E-state index in [4.69, 9.17) is 14.3 Å². The predicted octanol–water partition coefficient (Wildman–Crippen LogP) is 3.89. The topological polar surface area (TPSA) is 89.1 Å². The van der Waals surface area contributed by atoms with Crippen LogP contribution in [0, 0.1) is 11.3 Å². The SMILES string of the molecule is COc1cc(Nc2cc(N(C)CC3CCN(OC(=O)C(C)(C)C)CC3)ncn2)cc(OC)c1. The van der Waals surface area contributed by atoms with E-state index in [0.717, 1.165) is 44.0 Å². The number of hydroxylamine groups is 2. The van der Waals surface area contributed by atoms with Crippen molar-refractivity contribution in [3.05, 3.63) is 30.6 Å². The molecule has 1 saturated heterocycles. The van der Waals surface area contributed by atoms with Gasteiger partial charge in [0.1, 0.15) is 29.5 Å². The van der Waals surface area contributed by atoms with E-state index in [1.165, 1.54) is 0 Å². The first-order valence-corrected chi connectivity index (χ1v) is 11.2. The zero-order valence-electron chi connectivity index (χ0n) is 20.4. The molecule has 9 nitrogen and oxygen atoms in total. The summed E-state index contributed by atoms with van der Waals surface area (Å²) in [5.41, 5.74) is 0.321. The third-order valence-corrected chi connectivity index (χ3v) is 5.60. The minimum Gasteiger partial charge on any atom is -0.497 e. The Kier molecular flexibility index (Phi) is 7.97. The number of carbonyl (C=O) groups is 1. The fraction of sp³-hybridized carbons (Fsp3) is 0.542. The van der Waals surface area contributed by atoms with E-state index >= 15 is 0 Å². The van der Waals surface area contributed by atoms with Crippen molar-refractivity contribution in [1.82, 2.24) is 15.0 Å². The van der Waals surface area contributed by atoms with E-state index in [-0.39, 0.29) is 5.97 Å². The highest BCUT2D eigenvalue weighted by Crippen LogP contribution is 2.28. The van der Waals surface area contributed by atoms with Crippen LogP contribution in [0.4, 0.5) is 17.3 Å². The Balaban J connectivity index is 1.56. The van der Waals surface area contributed by atoms with Gasteiger partial charge in [0.2, 0.25) is 0 Å². The maximum absolute atomic E-state index is 12.1. The third-order valence-electron chi connectivity index (χ3n) is 5.60. The summed E-state index contributed by atoms with van der Waals surface area (Å²) >= 11 is 0. The first kappa shape index (κ1) is 24.6. The van der Waals surface area contributed by atoms with Crippen LogP contribution in [0.25, 0.3) is 0 Å². The van der Waals surface area contributed by atoms with Gasteiger partial charge >= 0.3 is 5.97 Å². The molecule has 0 saturated carbocycles. The number of anilines is 3. The van der Waals surface area contributed by atoms with Crippen molar-refractivity contribution >= 4 is 23.3 Å². The number of benzene rings is 1. The summed E-state index contributed by atoms with van der Waals surface area (Å²) in [7, 11) is 5.28. The largest absolute Gasteiger partial charge is 0.497 e. The predicted molar refractivity (Wildman–Crippen MR) is 128 cm³/mol. The number of ether oxygens (including phenoxy) is 2. The standard InChI is InChI=1S/C24H35N5O4/c1-24(2,3)23(30)33-29-9-7-17(8-10-29)15-28(4)22-14-21(25-16-26-22)27-18-11-19(31-5)13-20(12-18)32-6/h11-14,16-17H,7-10,15H2,1-6H3,(H,25,26,27). The molecule has 3 rings (SSSR count). The lowest BCUT2D eigenvalue weighted by molar-refractivity contribution is -0.205. The lowest BCUT2D eigenvalue weighted by Gasteiger charge is -2.34. The van der Waals surface area contributed by atoms with Crippen LogP contribution in [0.2, 0.25) is 0 Å². The maximum Gasteiger partial charge on any atom is 0.330 e. The molecule has 0 unspecified atom stereocenters. The average molecular weight is 458 g/mol. The molecule has 1 aromatic carbocycles. The van der Waals surface area contributed by atoms with Crippen LogP contribution in [0.1, 0.15) is 33.6 Å². The maximum atomic E-state index is 12.1. The second-order valence-corrected chi connectivity index (χ2v) is 9.37. The van der Waals surface area contributed by atoms with Crippen LogP contribution in [-0.2, 0) is 9.63 Å². The number of rotatable bonds is 8. The van der Waals surface area contributed by atoms with E-state index in [0.29, 0.717) is 23.2 Å². The number of methoxy groups -OCH3 is 2. The molecule has 0 amide bonds. The molecule has 33 heavy (non-hydrogen) atoms. The summed E-state index contributed by atoms with van der Waals surface area (Å²) in [6.45, 7) is 7.96. The number of nitrogens with zero attached hydrogens (tertiary/aromatic N) is 4. The van der Waals surface area contributed by atoms with E-state index < -0.39 is 5.41 Å². The molecule has 2 heterocycles. The molecule has 1 aliphatic heterocycles. The van der Waals surface area contributed by atoms with Gasteiger partial charge in [0, 0.05) is 56.6 Å². The number of carbonyl (C=O) groups excluding carboxylic acids is 1. The Morgan fingerprint density at radius 2 is 1.73 bits per heavy atom. The van der Waals surface area contributed by atoms with Gasteiger partial charge in [-0.15, -0.1) is 5.06 Å². The molecule has 0 aliphatic carbocycles. The van der Waals surface area contributed by atoms with Gasteiger partial charge in [-0.1, -0.05) is 0 Å². The second-order valence-electron chi connectivity index (χ2n) is 9.37. The summed E-state index contributed by atoms with van der Waals surface area (Å²) in [5, 5.41) is 5.09. The summed E-state index contributed by atoms with van der Waals surface area (Å²) in [5.74, 6) is 3.22. The van der Waals surface area contributed by atoms with Crippen LogP contribution >= 0.6 is 0 Å². The monoisotopic (exact) mass is 457 g/mol. The Bertz CT molecular complexity index is 916. The number of hydrogen-bond acceptors (Lipinski definition) is 9. The number of aromatic nitrogens is 2. The first-order chi connectivity index (χ1) is 15.7. The third kappa shape index (κ3) is 6.95. The summed E-state index contributed by atoms with van der Waals surface area (Å²) in [6, 6.07) is 7.51. The molecule has 1 N–H and O–H groups in total. The highest BCUT2D eigenvalue weighted by Gasteiger charge is 2.28. The van der Waals surface area contributed by atoms with Gasteiger partial charge in [-0.25, -0.2) is 14.8 Å². The van der Waals surface area contributed by atoms with Gasteiger partial charge < -0.3 is 24.5 Å². The zero-order valence-corrected chi connectivity index (χ0v) is 20.4. The second kappa shape index (κ2) is 10.7. The highest BCUT2D eigenvalue weighted by molar-refractivity contribution is 5.75. The van der Waals surface area contributed by atoms with E-state index in [1.807, 2.05) is 52.1 Å². The summed E-state index contributed by atoms with van der Waals surface area (Å²) in [4.78, 5) is 28.6. The molecule has 0 spiro atoms. The highest BCUT2D eigenvalue weighted by atomic mass is 16.7. The zero-order chi connectivity index (χ0) is 24.0. The van der Waals surface area contributed by atoms with Crippen molar-refractivity contribution in [2.75, 3.05) is 51.1 Å². The molecular formula is C24H35N5O4. The van der Waals surface area contributed by atoms with Crippen molar-refractivity contribution < 1.29 is 19.1 Å². The Hall–Kier alpha value is -3.07. The van der Waals surface area contributed by atoms with Crippen molar-refractivity contribution in [3.63, 3.8) is 0 Å². The lowest BCUT2D eigenvalue weighted by atomic mass is 9.97. The van der Waals surface area contributed by atoms with Crippen molar-refractivity contribution in [3.8, 4) is 11.5 Å². The van der Waals surface area contributed by atoms with Gasteiger partial charge in [-0.05, 0) is 39.5 Å². The Labute approximate surface area is 196 Å². The number of hydrogen-bond donors (Lipinski definition) is 1. The quantitative estimate of drug-likeness (QED) is 0.634. The van der Waals surface area contributed by atoms with Gasteiger partial charge in [0.15, 0.2) is 0 Å². The average Bonchev–Trinajstić information content (AvgIpc) is 2.79. The molecule has 1 fully saturated rings. The van der Waals surface area contributed by atoms with Crippen LogP contribution in [0.15, 0.2) is 30.6 Å². The normalized spacial score (nSPS) is 15.1. The van der Waals surface area contributed by atoms with E-state index in [2.05, 4.69) is 20.2 Å². The molecule has 0 bridgehead atoms. The fourth-order valence-electron chi connectivity index (χ4n) is 3.57. The van der Waals surface area contributed by atoms with Gasteiger partial charge in [0.25, 0.3) is 0 Å². The Morgan fingerprint density at radius 1 is 1.09 bits per heavy atom. The molecule has 0 radical (unpaired) electrons. The smallest absolute Gasteiger partial charge is 0.330 e. The van der Waals surface area contributed by atoms with Crippen LogP contribution in [0.3, 0.4) is 0 Å². The summed E-state index contributed by atoms with van der Waals surface area (Å²) < 4.78 is 10.7. The molecule has 0 atom stereocenters. The molecule has 2 aromatic rings. The molecule has 1 aliphatic rings.